The van der Waals surface area contributed by atoms with E-state index >= 15 is 0 Å². The number of hydrogen-bond acceptors (Lipinski definition) is 4. The highest BCUT2D eigenvalue weighted by Gasteiger charge is 2.34. The van der Waals surface area contributed by atoms with Gasteiger partial charge in [0.1, 0.15) is 0 Å². The van der Waals surface area contributed by atoms with Crippen molar-refractivity contribution in [3.8, 4) is 11.4 Å². The molecular weight excluding hydrogens is 293 g/mol. The number of benzene rings is 1. The fourth-order valence-electron chi connectivity index (χ4n) is 1.65. The van der Waals surface area contributed by atoms with Crippen molar-refractivity contribution in [3.05, 3.63) is 51.9 Å². The van der Waals surface area contributed by atoms with E-state index in [2.05, 4.69) is 5.10 Å². The predicted octanol–water partition coefficient (Wildman–Crippen LogP) is 1.66. The fourth-order valence-corrected chi connectivity index (χ4v) is 1.65. The van der Waals surface area contributed by atoms with E-state index in [1.807, 2.05) is 0 Å². The van der Waals surface area contributed by atoms with Crippen molar-refractivity contribution >= 4 is 5.97 Å². The van der Waals surface area contributed by atoms with Crippen LogP contribution in [0.1, 0.15) is 16.1 Å². The first-order valence-corrected chi connectivity index (χ1v) is 5.44. The second-order valence-corrected chi connectivity index (χ2v) is 3.96. The monoisotopic (exact) mass is 300 g/mol. The Bertz CT molecular complexity index is 768. The van der Waals surface area contributed by atoms with Crippen molar-refractivity contribution in [2.75, 3.05) is 0 Å². The van der Waals surface area contributed by atoms with Gasteiger partial charge < -0.3 is 10.2 Å². The summed E-state index contributed by atoms with van der Waals surface area (Å²) in [6.07, 6.45) is -4.08. The summed E-state index contributed by atoms with van der Waals surface area (Å²) in [7, 11) is 0. The van der Waals surface area contributed by atoms with E-state index in [4.69, 9.17) is 5.11 Å². The first kappa shape index (κ1) is 14.6. The van der Waals surface area contributed by atoms with Gasteiger partial charge in [-0.15, -0.1) is 0 Å². The zero-order valence-corrected chi connectivity index (χ0v) is 10.1. The van der Waals surface area contributed by atoms with Crippen LogP contribution in [-0.2, 0) is 6.18 Å². The smallest absolute Gasteiger partial charge is 0.418 e. The number of aromatic hydroxyl groups is 1. The number of aromatic carboxylic acids is 1. The van der Waals surface area contributed by atoms with Gasteiger partial charge in [-0.05, 0) is 12.1 Å². The van der Waals surface area contributed by atoms with E-state index in [0.29, 0.717) is 10.9 Å². The van der Waals surface area contributed by atoms with Crippen LogP contribution in [0.25, 0.3) is 5.69 Å². The van der Waals surface area contributed by atoms with Gasteiger partial charge in [0.25, 0.3) is 5.43 Å². The normalized spacial score (nSPS) is 11.4. The largest absolute Gasteiger partial charge is 0.503 e. The molecular formula is C12H7F3N2O4. The Morgan fingerprint density at radius 3 is 2.43 bits per heavy atom. The molecule has 0 bridgehead atoms. The first-order chi connectivity index (χ1) is 9.71. The average molecular weight is 300 g/mol. The standard InChI is InChI=1S/C12H7F3N2O4/c13-12(14,15)6-3-1-2-4-7(6)17-5-8(18)10(19)9(16-17)11(20)21/h1-5,18H,(H,20,21). The van der Waals surface area contributed by atoms with Crippen LogP contribution < -0.4 is 5.43 Å². The quantitative estimate of drug-likeness (QED) is 0.880. The van der Waals surface area contributed by atoms with Crippen molar-refractivity contribution in [1.29, 1.82) is 0 Å². The number of carboxylic acid groups (broad SMARTS) is 1. The highest BCUT2D eigenvalue weighted by atomic mass is 19.4. The summed E-state index contributed by atoms with van der Waals surface area (Å²) in [4.78, 5) is 22.2. The number of carbonyl (C=O) groups is 1. The van der Waals surface area contributed by atoms with Crippen molar-refractivity contribution in [2.45, 2.75) is 6.18 Å². The van der Waals surface area contributed by atoms with Crippen LogP contribution in [0.2, 0.25) is 0 Å². The molecule has 2 N–H and O–H groups in total. The predicted molar refractivity (Wildman–Crippen MR) is 63.5 cm³/mol. The second kappa shape index (κ2) is 4.93. The molecule has 1 heterocycles. The minimum atomic E-state index is -4.71. The average Bonchev–Trinajstić information content (AvgIpc) is 2.40. The Labute approximate surface area is 114 Å². The summed E-state index contributed by atoms with van der Waals surface area (Å²) in [6.45, 7) is 0. The van der Waals surface area contributed by atoms with Gasteiger partial charge in [0.15, 0.2) is 5.75 Å². The molecule has 0 unspecified atom stereocenters. The molecule has 0 fully saturated rings. The van der Waals surface area contributed by atoms with Crippen LogP contribution in [0.15, 0.2) is 35.3 Å². The van der Waals surface area contributed by atoms with Crippen molar-refractivity contribution in [2.24, 2.45) is 0 Å². The molecule has 0 atom stereocenters. The summed E-state index contributed by atoms with van der Waals surface area (Å²) in [5, 5.41) is 21.5. The fraction of sp³-hybridized carbons (Fsp3) is 0.0833. The zero-order valence-electron chi connectivity index (χ0n) is 10.1. The summed E-state index contributed by atoms with van der Waals surface area (Å²) in [5.74, 6) is -2.77. The molecule has 0 amide bonds. The number of hydrogen-bond donors (Lipinski definition) is 2. The van der Waals surface area contributed by atoms with E-state index in [0.717, 1.165) is 18.2 Å². The number of halogens is 3. The topological polar surface area (TPSA) is 92.4 Å². The molecule has 2 aromatic rings. The molecule has 21 heavy (non-hydrogen) atoms. The van der Waals surface area contributed by atoms with Crippen molar-refractivity contribution in [1.82, 2.24) is 9.78 Å². The van der Waals surface area contributed by atoms with Gasteiger partial charge in [0, 0.05) is 0 Å². The van der Waals surface area contributed by atoms with Gasteiger partial charge in [-0.3, -0.25) is 4.79 Å². The lowest BCUT2D eigenvalue weighted by Crippen LogP contribution is -2.22. The third kappa shape index (κ3) is 2.71. The Hall–Kier alpha value is -2.84. The molecule has 0 saturated heterocycles. The molecule has 2 rings (SSSR count). The van der Waals surface area contributed by atoms with Crippen LogP contribution in [0.4, 0.5) is 13.2 Å². The van der Waals surface area contributed by atoms with E-state index in [-0.39, 0.29) is 0 Å². The van der Waals surface area contributed by atoms with Crippen LogP contribution >= 0.6 is 0 Å². The van der Waals surface area contributed by atoms with Gasteiger partial charge in [-0.2, -0.15) is 18.3 Å². The number of para-hydroxylation sites is 1. The Kier molecular flexibility index (Phi) is 3.42. The lowest BCUT2D eigenvalue weighted by Gasteiger charge is -2.14. The van der Waals surface area contributed by atoms with Crippen LogP contribution in [-0.4, -0.2) is 26.0 Å². The molecule has 110 valence electrons. The summed E-state index contributed by atoms with van der Waals surface area (Å²) in [6, 6.07) is 4.23. The van der Waals surface area contributed by atoms with Crippen LogP contribution in [0.5, 0.6) is 5.75 Å². The SMILES string of the molecule is O=C(O)c1nn(-c2ccccc2C(F)(F)F)cc(O)c1=O. The number of alkyl halides is 3. The van der Waals surface area contributed by atoms with Gasteiger partial charge in [0.05, 0.1) is 17.4 Å². The summed E-state index contributed by atoms with van der Waals surface area (Å²) in [5.41, 5.74) is -3.95. The van der Waals surface area contributed by atoms with Crippen LogP contribution in [0, 0.1) is 0 Å². The van der Waals surface area contributed by atoms with Crippen molar-refractivity contribution in [3.63, 3.8) is 0 Å². The number of rotatable bonds is 2. The molecule has 0 radical (unpaired) electrons. The maximum absolute atomic E-state index is 12.9. The molecule has 0 saturated carbocycles. The van der Waals surface area contributed by atoms with Gasteiger partial charge in [-0.1, -0.05) is 12.1 Å². The molecule has 1 aromatic carbocycles. The molecule has 6 nitrogen and oxygen atoms in total. The summed E-state index contributed by atoms with van der Waals surface area (Å²) >= 11 is 0. The minimum Gasteiger partial charge on any atom is -0.503 e. The van der Waals surface area contributed by atoms with Crippen LogP contribution in [0.3, 0.4) is 0 Å². The molecule has 0 aliphatic heterocycles. The highest BCUT2D eigenvalue weighted by Crippen LogP contribution is 2.33. The zero-order chi connectivity index (χ0) is 15.8. The molecule has 0 aliphatic rings. The van der Waals surface area contributed by atoms with Gasteiger partial charge in [0.2, 0.25) is 5.69 Å². The molecule has 1 aromatic heterocycles. The third-order valence-electron chi connectivity index (χ3n) is 2.56. The first-order valence-electron chi connectivity index (χ1n) is 5.44. The number of carboxylic acids is 1. The van der Waals surface area contributed by atoms with E-state index in [1.165, 1.54) is 6.07 Å². The van der Waals surface area contributed by atoms with Gasteiger partial charge >= 0.3 is 12.1 Å². The van der Waals surface area contributed by atoms with Crippen molar-refractivity contribution < 1.29 is 28.2 Å². The lowest BCUT2D eigenvalue weighted by atomic mass is 10.1. The third-order valence-corrected chi connectivity index (χ3v) is 2.56. The minimum absolute atomic E-state index is 0.503. The number of nitrogens with zero attached hydrogens (tertiary/aromatic N) is 2. The maximum atomic E-state index is 12.9. The number of aromatic nitrogens is 2. The Morgan fingerprint density at radius 1 is 1.24 bits per heavy atom. The lowest BCUT2D eigenvalue weighted by molar-refractivity contribution is -0.137. The van der Waals surface area contributed by atoms with E-state index in [1.54, 1.807) is 0 Å². The second-order valence-electron chi connectivity index (χ2n) is 3.96. The highest BCUT2D eigenvalue weighted by molar-refractivity contribution is 5.85. The Balaban J connectivity index is 2.75. The molecule has 0 aliphatic carbocycles. The summed E-state index contributed by atoms with van der Waals surface area (Å²) < 4.78 is 39.2. The van der Waals surface area contributed by atoms with E-state index < -0.39 is 40.3 Å². The maximum Gasteiger partial charge on any atom is 0.418 e. The Morgan fingerprint density at radius 2 is 1.86 bits per heavy atom. The molecule has 0 spiro atoms. The molecule has 9 heteroatoms. The van der Waals surface area contributed by atoms with E-state index in [9.17, 15) is 27.9 Å². The van der Waals surface area contributed by atoms with Gasteiger partial charge in [-0.25, -0.2) is 9.48 Å².